The van der Waals surface area contributed by atoms with Gasteiger partial charge in [0.15, 0.2) is 0 Å². The Morgan fingerprint density at radius 2 is 2.36 bits per heavy atom. The fourth-order valence-corrected chi connectivity index (χ4v) is 1.07. The largest absolute Gasteiger partial charge is 0.508 e. The Hall–Kier alpha value is -1.77. The highest BCUT2D eigenvalue weighted by molar-refractivity contribution is 5.77. The van der Waals surface area contributed by atoms with Crippen LogP contribution in [-0.4, -0.2) is 11.0 Å². The molecule has 0 saturated heterocycles. The Labute approximate surface area is 83.1 Å². The number of hydrogen-bond donors (Lipinski definition) is 2. The van der Waals surface area contributed by atoms with E-state index in [0.717, 1.165) is 5.56 Å². The number of aromatic hydroxyl groups is 1. The van der Waals surface area contributed by atoms with Crippen molar-refractivity contribution in [1.82, 2.24) is 5.32 Å². The lowest BCUT2D eigenvalue weighted by atomic mass is 10.2. The van der Waals surface area contributed by atoms with Crippen molar-refractivity contribution in [3.63, 3.8) is 0 Å². The van der Waals surface area contributed by atoms with Gasteiger partial charge in [0.1, 0.15) is 5.75 Å². The van der Waals surface area contributed by atoms with Crippen LogP contribution in [-0.2, 0) is 11.3 Å². The topological polar surface area (TPSA) is 49.3 Å². The minimum Gasteiger partial charge on any atom is -0.508 e. The second-order valence-electron chi connectivity index (χ2n) is 2.94. The highest BCUT2D eigenvalue weighted by Gasteiger charge is 1.98. The van der Waals surface area contributed by atoms with Gasteiger partial charge in [-0.3, -0.25) is 4.79 Å². The first-order valence-electron chi connectivity index (χ1n) is 4.38. The molecule has 1 amide bonds. The number of rotatable bonds is 4. The van der Waals surface area contributed by atoms with E-state index < -0.39 is 0 Å². The van der Waals surface area contributed by atoms with Crippen molar-refractivity contribution < 1.29 is 9.90 Å². The molecule has 0 aliphatic carbocycles. The summed E-state index contributed by atoms with van der Waals surface area (Å²) >= 11 is 0. The van der Waals surface area contributed by atoms with Gasteiger partial charge in [0.05, 0.1) is 0 Å². The maximum atomic E-state index is 11.1. The fourth-order valence-electron chi connectivity index (χ4n) is 1.07. The molecule has 0 aromatic heterocycles. The molecule has 2 N–H and O–H groups in total. The Morgan fingerprint density at radius 3 is 3.00 bits per heavy atom. The number of nitrogens with one attached hydrogen (secondary N) is 1. The molecule has 0 aliphatic rings. The van der Waals surface area contributed by atoms with Gasteiger partial charge in [0.2, 0.25) is 5.91 Å². The molecule has 0 aliphatic heterocycles. The first-order chi connectivity index (χ1) is 6.72. The van der Waals surface area contributed by atoms with Crippen LogP contribution in [0.25, 0.3) is 0 Å². The number of benzene rings is 1. The Bertz CT molecular complexity index is 334. The van der Waals surface area contributed by atoms with Crippen LogP contribution in [0.5, 0.6) is 5.75 Å². The zero-order chi connectivity index (χ0) is 10.4. The van der Waals surface area contributed by atoms with E-state index in [1.54, 1.807) is 24.3 Å². The summed E-state index contributed by atoms with van der Waals surface area (Å²) in [5.41, 5.74) is 0.877. The van der Waals surface area contributed by atoms with Crippen molar-refractivity contribution in [3.05, 3.63) is 42.5 Å². The van der Waals surface area contributed by atoms with Gasteiger partial charge < -0.3 is 10.4 Å². The Balaban J connectivity index is 2.45. The molecule has 1 rings (SSSR count). The van der Waals surface area contributed by atoms with E-state index in [-0.39, 0.29) is 11.7 Å². The van der Waals surface area contributed by atoms with E-state index in [1.807, 2.05) is 6.07 Å². The van der Waals surface area contributed by atoms with Crippen molar-refractivity contribution in [3.8, 4) is 5.75 Å². The lowest BCUT2D eigenvalue weighted by Gasteiger charge is -2.03. The number of carbonyl (C=O) groups is 1. The monoisotopic (exact) mass is 191 g/mol. The average molecular weight is 191 g/mol. The molecule has 0 heterocycles. The van der Waals surface area contributed by atoms with Crippen LogP contribution in [0.3, 0.4) is 0 Å². The summed E-state index contributed by atoms with van der Waals surface area (Å²) in [6.45, 7) is 3.90. The number of phenolic OH excluding ortho intramolecular Hbond substituents is 1. The number of carbonyl (C=O) groups excluding carboxylic acids is 1. The summed E-state index contributed by atoms with van der Waals surface area (Å²) in [7, 11) is 0. The molecule has 0 saturated carbocycles. The second-order valence-corrected chi connectivity index (χ2v) is 2.94. The van der Waals surface area contributed by atoms with Crippen LogP contribution in [0, 0.1) is 0 Å². The fraction of sp³-hybridized carbons (Fsp3) is 0.182. The summed E-state index contributed by atoms with van der Waals surface area (Å²) in [5, 5.41) is 11.9. The zero-order valence-electron chi connectivity index (χ0n) is 7.86. The van der Waals surface area contributed by atoms with E-state index in [1.165, 1.54) is 0 Å². The normalized spacial score (nSPS) is 9.43. The summed E-state index contributed by atoms with van der Waals surface area (Å²) in [5.74, 6) is 0.142. The van der Waals surface area contributed by atoms with E-state index in [4.69, 9.17) is 5.11 Å². The van der Waals surface area contributed by atoms with Crippen molar-refractivity contribution in [2.45, 2.75) is 13.0 Å². The average Bonchev–Trinajstić information content (AvgIpc) is 2.15. The zero-order valence-corrected chi connectivity index (χ0v) is 7.86. The van der Waals surface area contributed by atoms with Crippen molar-refractivity contribution >= 4 is 5.91 Å². The molecule has 1 aromatic rings. The van der Waals surface area contributed by atoms with Gasteiger partial charge >= 0.3 is 0 Å². The molecule has 14 heavy (non-hydrogen) atoms. The smallest absolute Gasteiger partial charge is 0.224 e. The van der Waals surface area contributed by atoms with Gasteiger partial charge in [-0.2, -0.15) is 0 Å². The SMILES string of the molecule is C=CCC(=O)NCc1cccc(O)c1. The maximum Gasteiger partial charge on any atom is 0.224 e. The minimum atomic E-state index is -0.0663. The summed E-state index contributed by atoms with van der Waals surface area (Å²) in [6.07, 6.45) is 1.87. The van der Waals surface area contributed by atoms with Crippen LogP contribution in [0.4, 0.5) is 0 Å². The molecule has 0 bridgehead atoms. The number of phenols is 1. The first-order valence-corrected chi connectivity index (χ1v) is 4.38. The molecular weight excluding hydrogens is 178 g/mol. The molecule has 0 radical (unpaired) electrons. The summed E-state index contributed by atoms with van der Waals surface area (Å²) < 4.78 is 0. The van der Waals surface area contributed by atoms with Crippen LogP contribution in [0.2, 0.25) is 0 Å². The van der Waals surface area contributed by atoms with Crippen molar-refractivity contribution in [1.29, 1.82) is 0 Å². The third-order valence-electron chi connectivity index (χ3n) is 1.73. The highest BCUT2D eigenvalue weighted by Crippen LogP contribution is 2.10. The molecule has 3 nitrogen and oxygen atoms in total. The van der Waals surface area contributed by atoms with E-state index in [2.05, 4.69) is 11.9 Å². The van der Waals surface area contributed by atoms with Gasteiger partial charge in [-0.1, -0.05) is 18.2 Å². The molecule has 0 spiro atoms. The lowest BCUT2D eigenvalue weighted by Crippen LogP contribution is -2.21. The van der Waals surface area contributed by atoms with Gasteiger partial charge in [-0.25, -0.2) is 0 Å². The lowest BCUT2D eigenvalue weighted by molar-refractivity contribution is -0.120. The predicted molar refractivity (Wildman–Crippen MR) is 54.8 cm³/mol. The van der Waals surface area contributed by atoms with Gasteiger partial charge in [0.25, 0.3) is 0 Å². The maximum absolute atomic E-state index is 11.1. The van der Waals surface area contributed by atoms with Gasteiger partial charge in [-0.15, -0.1) is 6.58 Å². The summed E-state index contributed by atoms with van der Waals surface area (Å²) in [4.78, 5) is 11.1. The van der Waals surface area contributed by atoms with E-state index in [0.29, 0.717) is 13.0 Å². The van der Waals surface area contributed by atoms with Gasteiger partial charge in [-0.05, 0) is 17.7 Å². The van der Waals surface area contributed by atoms with Crippen molar-refractivity contribution in [2.24, 2.45) is 0 Å². The van der Waals surface area contributed by atoms with E-state index in [9.17, 15) is 4.79 Å². The number of hydrogen-bond acceptors (Lipinski definition) is 2. The van der Waals surface area contributed by atoms with E-state index >= 15 is 0 Å². The standard InChI is InChI=1S/C11H13NO2/c1-2-4-11(14)12-8-9-5-3-6-10(13)7-9/h2-3,5-7,13H,1,4,8H2,(H,12,14). The third-order valence-corrected chi connectivity index (χ3v) is 1.73. The first kappa shape index (κ1) is 10.3. The molecule has 0 unspecified atom stereocenters. The van der Waals surface area contributed by atoms with Crippen LogP contribution in [0.1, 0.15) is 12.0 Å². The molecule has 0 atom stereocenters. The summed E-state index contributed by atoms with van der Waals surface area (Å²) in [6, 6.07) is 6.79. The Morgan fingerprint density at radius 1 is 1.57 bits per heavy atom. The minimum absolute atomic E-state index is 0.0663. The molecule has 1 aromatic carbocycles. The third kappa shape index (κ3) is 3.31. The molecule has 3 heteroatoms. The van der Waals surface area contributed by atoms with Crippen LogP contribution < -0.4 is 5.32 Å². The predicted octanol–water partition coefficient (Wildman–Crippen LogP) is 1.58. The highest BCUT2D eigenvalue weighted by atomic mass is 16.3. The van der Waals surface area contributed by atoms with Crippen LogP contribution >= 0.6 is 0 Å². The molecular formula is C11H13NO2. The second kappa shape index (κ2) is 5.07. The number of amides is 1. The molecule has 74 valence electrons. The Kier molecular flexibility index (Phi) is 3.73. The van der Waals surface area contributed by atoms with Gasteiger partial charge in [0, 0.05) is 13.0 Å². The molecule has 0 fully saturated rings. The quantitative estimate of drug-likeness (QED) is 0.710. The van der Waals surface area contributed by atoms with Crippen LogP contribution in [0.15, 0.2) is 36.9 Å². The van der Waals surface area contributed by atoms with Crippen molar-refractivity contribution in [2.75, 3.05) is 0 Å².